The second kappa shape index (κ2) is 12.3. The van der Waals surface area contributed by atoms with Crippen molar-refractivity contribution in [2.75, 3.05) is 11.5 Å². The van der Waals surface area contributed by atoms with Crippen molar-refractivity contribution in [2.24, 2.45) is 7.05 Å². The fourth-order valence-electron chi connectivity index (χ4n) is 5.01. The molecular formula is C28H23N7O10S2. The van der Waals surface area contributed by atoms with Crippen LogP contribution in [-0.4, -0.2) is 92.1 Å². The quantitative estimate of drug-likeness (QED) is 0.0796. The van der Waals surface area contributed by atoms with Crippen molar-refractivity contribution >= 4 is 58.2 Å². The Morgan fingerprint density at radius 3 is 2.53 bits per heavy atom. The molecule has 17 nitrogen and oxygen atoms in total. The number of aromatic nitrogens is 4. The number of phenols is 3. The van der Waals surface area contributed by atoms with Crippen molar-refractivity contribution in [1.29, 1.82) is 0 Å². The number of carboxylic acids is 1. The molecule has 4 aromatic rings. The number of β-lactam (4-membered cyclic amide) rings is 1. The van der Waals surface area contributed by atoms with Crippen molar-refractivity contribution in [3.05, 3.63) is 75.3 Å². The minimum absolute atomic E-state index is 0.102. The van der Waals surface area contributed by atoms with Gasteiger partial charge in [-0.1, -0.05) is 23.9 Å². The molecule has 0 aliphatic carbocycles. The van der Waals surface area contributed by atoms with Crippen molar-refractivity contribution in [1.82, 2.24) is 35.7 Å². The molecule has 2 aromatic heterocycles. The number of benzene rings is 2. The van der Waals surface area contributed by atoms with Gasteiger partial charge in [-0.2, -0.15) is 0 Å². The van der Waals surface area contributed by atoms with E-state index in [0.717, 1.165) is 23.3 Å². The number of fused-ring (bicyclic) bond motifs is 2. The molecule has 3 atom stereocenters. The van der Waals surface area contributed by atoms with Gasteiger partial charge in [0.1, 0.15) is 46.3 Å². The first kappa shape index (κ1) is 31.4. The summed E-state index contributed by atoms with van der Waals surface area (Å²) in [7, 11) is 1.63. The molecule has 242 valence electrons. The number of rotatable bonds is 9. The average molecular weight is 682 g/mol. The maximum Gasteiger partial charge on any atom is 0.352 e. The average Bonchev–Trinajstić information content (AvgIpc) is 3.46. The molecule has 3 amide bonds. The highest BCUT2D eigenvalue weighted by atomic mass is 32.2. The summed E-state index contributed by atoms with van der Waals surface area (Å²) < 4.78 is 6.74. The summed E-state index contributed by atoms with van der Waals surface area (Å²) in [5.41, 5.74) is -1.02. The van der Waals surface area contributed by atoms with Crippen LogP contribution in [0.15, 0.2) is 68.3 Å². The van der Waals surface area contributed by atoms with Crippen LogP contribution in [0.3, 0.4) is 0 Å². The highest BCUT2D eigenvalue weighted by Gasteiger charge is 2.54. The molecule has 0 spiro atoms. The van der Waals surface area contributed by atoms with E-state index in [9.17, 15) is 44.4 Å². The second-order valence-electron chi connectivity index (χ2n) is 10.3. The summed E-state index contributed by atoms with van der Waals surface area (Å²) >= 11 is 2.45. The molecule has 2 aliphatic heterocycles. The van der Waals surface area contributed by atoms with Gasteiger partial charge in [-0.05, 0) is 39.8 Å². The van der Waals surface area contributed by atoms with Gasteiger partial charge in [-0.3, -0.25) is 24.1 Å². The lowest BCUT2D eigenvalue weighted by Gasteiger charge is -2.49. The molecule has 2 aliphatic rings. The van der Waals surface area contributed by atoms with Crippen LogP contribution >= 0.6 is 23.5 Å². The standard InChI is InChI=1S/C28H23N7O10S2/c1-34-28(31-32-33-34)47-10-12-9-46-26-20(25(42)35(26)21(12)27(43)44)30-24(41)19(11-2-4-13(36)5-3-11)29-23(40)15-8-45-18-7-17(38)16(37)6-14(18)22(15)39/h2-8,19-20,26,36-38H,9-10H2,1H3,(H,29,40)(H,30,41)(H,43,44)/t19?,20-,26+/m1/s1. The molecule has 1 saturated heterocycles. The lowest BCUT2D eigenvalue weighted by molar-refractivity contribution is -0.151. The van der Waals surface area contributed by atoms with E-state index in [0.29, 0.717) is 10.7 Å². The zero-order valence-electron chi connectivity index (χ0n) is 24.0. The van der Waals surface area contributed by atoms with Gasteiger partial charge in [-0.25, -0.2) is 9.48 Å². The summed E-state index contributed by atoms with van der Waals surface area (Å²) in [6, 6.07) is 4.57. The summed E-state index contributed by atoms with van der Waals surface area (Å²) in [4.78, 5) is 66.7. The number of thioether (sulfide) groups is 2. The van der Waals surface area contributed by atoms with E-state index in [-0.39, 0.29) is 39.5 Å². The van der Waals surface area contributed by atoms with Crippen molar-refractivity contribution in [3.8, 4) is 17.2 Å². The number of aryl methyl sites for hydroxylation is 1. The topological polar surface area (TPSA) is 250 Å². The normalized spacial score (nSPS) is 18.0. The van der Waals surface area contributed by atoms with Crippen LogP contribution < -0.4 is 16.1 Å². The predicted molar refractivity (Wildman–Crippen MR) is 163 cm³/mol. The van der Waals surface area contributed by atoms with Gasteiger partial charge < -0.3 is 35.5 Å². The monoisotopic (exact) mass is 681 g/mol. The second-order valence-corrected chi connectivity index (χ2v) is 12.4. The lowest BCUT2D eigenvalue weighted by Crippen LogP contribution is -2.71. The molecule has 47 heavy (non-hydrogen) atoms. The smallest absolute Gasteiger partial charge is 0.352 e. The van der Waals surface area contributed by atoms with E-state index in [1.165, 1.54) is 52.5 Å². The fraction of sp³-hybridized carbons (Fsp3) is 0.214. The van der Waals surface area contributed by atoms with Gasteiger partial charge >= 0.3 is 5.97 Å². The molecule has 0 saturated carbocycles. The Kier molecular flexibility index (Phi) is 8.24. The first-order valence-electron chi connectivity index (χ1n) is 13.6. The van der Waals surface area contributed by atoms with E-state index in [2.05, 4.69) is 26.2 Å². The molecule has 4 heterocycles. The maximum atomic E-state index is 13.7. The Hall–Kier alpha value is -5.56. The third kappa shape index (κ3) is 5.81. The third-order valence-corrected chi connectivity index (χ3v) is 9.82. The third-order valence-electron chi connectivity index (χ3n) is 7.38. The van der Waals surface area contributed by atoms with Crippen LogP contribution in [0.25, 0.3) is 11.0 Å². The Morgan fingerprint density at radius 2 is 1.85 bits per heavy atom. The molecule has 0 bridgehead atoms. The molecule has 6 rings (SSSR count). The van der Waals surface area contributed by atoms with E-state index in [1.54, 1.807) is 7.05 Å². The van der Waals surface area contributed by atoms with E-state index in [1.807, 2.05) is 0 Å². The fourth-order valence-corrected chi connectivity index (χ4v) is 7.35. The minimum Gasteiger partial charge on any atom is -0.508 e. The summed E-state index contributed by atoms with van der Waals surface area (Å²) in [5.74, 6) is -4.71. The molecular weight excluding hydrogens is 658 g/mol. The number of aromatic hydroxyl groups is 3. The number of nitrogens with one attached hydrogen (secondary N) is 2. The Bertz CT molecular complexity index is 2050. The SMILES string of the molecule is Cn1nnnc1SCC1=C(C(=O)O)N2C(=O)[C@@H](NC(=O)C(NC(=O)c3coc4cc(O)c(O)cc4c3=O)c3ccc(O)cc3)[C@@H]2SC1. The Morgan fingerprint density at radius 1 is 1.13 bits per heavy atom. The largest absolute Gasteiger partial charge is 0.508 e. The minimum atomic E-state index is -1.48. The van der Waals surface area contributed by atoms with Crippen LogP contribution in [0.5, 0.6) is 17.2 Å². The number of carbonyl (C=O) groups is 4. The van der Waals surface area contributed by atoms with Gasteiger partial charge in [0.25, 0.3) is 11.8 Å². The van der Waals surface area contributed by atoms with Crippen molar-refractivity contribution in [3.63, 3.8) is 0 Å². The van der Waals surface area contributed by atoms with Crippen LogP contribution in [-0.2, 0) is 21.4 Å². The molecule has 1 fully saturated rings. The zero-order valence-corrected chi connectivity index (χ0v) is 25.6. The molecule has 6 N–H and O–H groups in total. The number of tetrazole rings is 1. The molecule has 19 heteroatoms. The van der Waals surface area contributed by atoms with Gasteiger partial charge in [0.2, 0.25) is 16.5 Å². The van der Waals surface area contributed by atoms with Gasteiger partial charge in [0.05, 0.1) is 5.39 Å². The van der Waals surface area contributed by atoms with Crippen LogP contribution in [0, 0.1) is 0 Å². The highest BCUT2D eigenvalue weighted by Crippen LogP contribution is 2.41. The van der Waals surface area contributed by atoms with Gasteiger partial charge in [0.15, 0.2) is 11.5 Å². The Balaban J connectivity index is 1.23. The van der Waals surface area contributed by atoms with Crippen LogP contribution in [0.2, 0.25) is 0 Å². The summed E-state index contributed by atoms with van der Waals surface area (Å²) in [6.45, 7) is 0. The molecule has 2 aromatic carbocycles. The number of hydrogen-bond acceptors (Lipinski definition) is 14. The number of phenolic OH excluding ortho intramolecular Hbond substituents is 3. The number of carboxylic acid groups (broad SMARTS) is 1. The number of carbonyl (C=O) groups excluding carboxylic acids is 3. The van der Waals surface area contributed by atoms with Crippen LogP contribution in [0.4, 0.5) is 0 Å². The number of hydrogen-bond donors (Lipinski definition) is 6. The molecule has 0 radical (unpaired) electrons. The van der Waals surface area contributed by atoms with Gasteiger partial charge in [-0.15, -0.1) is 16.9 Å². The highest BCUT2D eigenvalue weighted by molar-refractivity contribution is 8.01. The van der Waals surface area contributed by atoms with Gasteiger partial charge in [0, 0.05) is 24.6 Å². The first-order valence-corrected chi connectivity index (χ1v) is 15.6. The van der Waals surface area contributed by atoms with E-state index >= 15 is 0 Å². The zero-order chi connectivity index (χ0) is 33.6. The van der Waals surface area contributed by atoms with Crippen molar-refractivity contribution in [2.45, 2.75) is 22.6 Å². The number of aliphatic carboxylic acids is 1. The van der Waals surface area contributed by atoms with Crippen molar-refractivity contribution < 1.29 is 44.0 Å². The lowest BCUT2D eigenvalue weighted by atomic mass is 10.0. The van der Waals surface area contributed by atoms with E-state index in [4.69, 9.17) is 4.42 Å². The number of nitrogens with zero attached hydrogens (tertiary/aromatic N) is 5. The number of amides is 3. The van der Waals surface area contributed by atoms with Crippen LogP contribution in [0.1, 0.15) is 22.0 Å². The Labute approximate surface area is 271 Å². The predicted octanol–water partition coefficient (Wildman–Crippen LogP) is 0.435. The first-order chi connectivity index (χ1) is 22.4. The van der Waals surface area contributed by atoms with E-state index < -0.39 is 63.6 Å². The summed E-state index contributed by atoms with van der Waals surface area (Å²) in [6.07, 6.45) is 0.838. The molecule has 1 unspecified atom stereocenters. The maximum absolute atomic E-state index is 13.7. The summed E-state index contributed by atoms with van der Waals surface area (Å²) in [5, 5.41) is 55.0.